The highest BCUT2D eigenvalue weighted by atomic mass is 19.1. The van der Waals surface area contributed by atoms with Gasteiger partial charge in [-0.05, 0) is 55.3 Å². The molecule has 220 valence electrons. The number of nitrogens with one attached hydrogen (secondary N) is 2. The lowest BCUT2D eigenvalue weighted by Gasteiger charge is -2.43. The molecule has 4 rings (SSSR count). The minimum atomic E-state index is -1.56. The van der Waals surface area contributed by atoms with Gasteiger partial charge in [0.25, 0.3) is 11.8 Å². The van der Waals surface area contributed by atoms with Crippen LogP contribution in [0.1, 0.15) is 40.4 Å². The molecule has 3 N–H and O–H groups in total. The van der Waals surface area contributed by atoms with Crippen molar-refractivity contribution < 1.29 is 37.8 Å². The monoisotopic (exact) mass is 580 g/mol. The molecule has 4 amide bonds. The molecule has 0 spiro atoms. The Balaban J connectivity index is 1.69. The van der Waals surface area contributed by atoms with E-state index in [9.17, 15) is 33.1 Å². The Morgan fingerprint density at radius 3 is 2.26 bits per heavy atom. The molecular weight excluding hydrogens is 550 g/mol. The van der Waals surface area contributed by atoms with Crippen LogP contribution in [-0.4, -0.2) is 65.1 Å². The molecule has 0 aromatic heterocycles. The van der Waals surface area contributed by atoms with Gasteiger partial charge in [0.05, 0.1) is 19.6 Å². The van der Waals surface area contributed by atoms with E-state index >= 15 is 0 Å². The molecule has 1 fully saturated rings. The van der Waals surface area contributed by atoms with E-state index in [1.807, 2.05) is 13.0 Å². The van der Waals surface area contributed by atoms with E-state index in [-0.39, 0.29) is 25.1 Å². The molecule has 12 heteroatoms. The van der Waals surface area contributed by atoms with Gasteiger partial charge in [-0.3, -0.25) is 19.3 Å². The fourth-order valence-corrected chi connectivity index (χ4v) is 4.81. The SMILES string of the molecule is COc1ccc(NC(=O)N2CCCN(C(=O)c3cc(F)cc(F)c3)C2C(=O)NC(CC(=O)O)c2cccc(C)c2)cc1. The molecule has 1 aliphatic heterocycles. The molecule has 10 nitrogen and oxygen atoms in total. The first-order valence-electron chi connectivity index (χ1n) is 13.1. The van der Waals surface area contributed by atoms with E-state index in [4.69, 9.17) is 4.74 Å². The number of aliphatic carboxylic acids is 1. The van der Waals surface area contributed by atoms with Crippen molar-refractivity contribution in [3.8, 4) is 5.75 Å². The second-order valence-electron chi connectivity index (χ2n) is 9.81. The summed E-state index contributed by atoms with van der Waals surface area (Å²) in [4.78, 5) is 54.8. The number of halogens is 2. The summed E-state index contributed by atoms with van der Waals surface area (Å²) in [6, 6.07) is 14.0. The average Bonchev–Trinajstić information content (AvgIpc) is 2.95. The van der Waals surface area contributed by atoms with E-state index in [0.29, 0.717) is 23.1 Å². The fourth-order valence-electron chi connectivity index (χ4n) is 4.81. The van der Waals surface area contributed by atoms with Crippen LogP contribution >= 0.6 is 0 Å². The standard InChI is InChI=1S/C30H30F2N4O6/c1-18-5-3-6-19(13-18)25(17-26(37)38)34-27(39)28-35(29(40)20-14-21(31)16-22(32)15-20)11-4-12-36(28)30(41)33-23-7-9-24(42-2)10-8-23/h3,5-10,13-16,25,28H,4,11-12,17H2,1-2H3,(H,33,41)(H,34,39)(H,37,38). The maximum Gasteiger partial charge on any atom is 0.323 e. The first-order chi connectivity index (χ1) is 20.0. The molecule has 42 heavy (non-hydrogen) atoms. The van der Waals surface area contributed by atoms with Gasteiger partial charge in [-0.15, -0.1) is 0 Å². The van der Waals surface area contributed by atoms with Crippen LogP contribution in [0.4, 0.5) is 19.3 Å². The summed E-state index contributed by atoms with van der Waals surface area (Å²) in [5.74, 6) is -4.29. The van der Waals surface area contributed by atoms with Gasteiger partial charge in [0.15, 0.2) is 6.17 Å². The van der Waals surface area contributed by atoms with Gasteiger partial charge in [-0.2, -0.15) is 0 Å². The summed E-state index contributed by atoms with van der Waals surface area (Å²) in [6.45, 7) is 1.87. The highest BCUT2D eigenvalue weighted by molar-refractivity contribution is 6.00. The molecule has 1 aliphatic rings. The summed E-state index contributed by atoms with van der Waals surface area (Å²) in [6.07, 6.45) is -1.76. The maximum atomic E-state index is 14.0. The maximum absolute atomic E-state index is 14.0. The summed E-state index contributed by atoms with van der Waals surface area (Å²) in [5, 5.41) is 14.9. The Bertz CT molecular complexity index is 1460. The number of methoxy groups -OCH3 is 1. The molecule has 3 aromatic rings. The number of ether oxygens (including phenoxy) is 1. The Kier molecular flexibility index (Phi) is 9.35. The van der Waals surface area contributed by atoms with Crippen molar-refractivity contribution in [1.29, 1.82) is 0 Å². The van der Waals surface area contributed by atoms with Crippen molar-refractivity contribution in [2.45, 2.75) is 32.0 Å². The highest BCUT2D eigenvalue weighted by Gasteiger charge is 2.41. The van der Waals surface area contributed by atoms with Crippen molar-refractivity contribution in [3.05, 3.63) is 95.1 Å². The van der Waals surface area contributed by atoms with Gasteiger partial charge in [0.2, 0.25) is 0 Å². The van der Waals surface area contributed by atoms with Crippen LogP contribution in [0.2, 0.25) is 0 Å². The predicted molar refractivity (Wildman–Crippen MR) is 149 cm³/mol. The second kappa shape index (κ2) is 13.1. The second-order valence-corrected chi connectivity index (χ2v) is 9.81. The number of urea groups is 1. The number of carboxylic acids is 1. The van der Waals surface area contributed by atoms with Crippen LogP contribution in [-0.2, 0) is 9.59 Å². The number of amides is 4. The van der Waals surface area contributed by atoms with Gasteiger partial charge in [-0.1, -0.05) is 29.8 Å². The molecule has 2 atom stereocenters. The molecule has 2 unspecified atom stereocenters. The van der Waals surface area contributed by atoms with Crippen LogP contribution in [0.15, 0.2) is 66.7 Å². The zero-order valence-corrected chi connectivity index (χ0v) is 23.0. The third-order valence-corrected chi connectivity index (χ3v) is 6.74. The number of rotatable bonds is 8. The Morgan fingerprint density at radius 2 is 1.64 bits per heavy atom. The molecule has 1 heterocycles. The van der Waals surface area contributed by atoms with E-state index in [2.05, 4.69) is 10.6 Å². The van der Waals surface area contributed by atoms with Crippen molar-refractivity contribution >= 4 is 29.5 Å². The van der Waals surface area contributed by atoms with Gasteiger partial charge in [0.1, 0.15) is 17.4 Å². The molecular formula is C30H30F2N4O6. The largest absolute Gasteiger partial charge is 0.497 e. The van der Waals surface area contributed by atoms with E-state index in [1.165, 1.54) is 7.11 Å². The van der Waals surface area contributed by atoms with Crippen LogP contribution in [0.5, 0.6) is 5.75 Å². The van der Waals surface area contributed by atoms with E-state index in [0.717, 1.165) is 27.5 Å². The number of benzene rings is 3. The third kappa shape index (κ3) is 7.19. The minimum absolute atomic E-state index is 0.00455. The fraction of sp³-hybridized carbons (Fsp3) is 0.267. The third-order valence-electron chi connectivity index (χ3n) is 6.74. The Labute approximate surface area is 240 Å². The lowest BCUT2D eigenvalue weighted by Crippen LogP contribution is -2.64. The molecule has 0 aliphatic carbocycles. The summed E-state index contributed by atoms with van der Waals surface area (Å²) in [7, 11) is 1.50. The highest BCUT2D eigenvalue weighted by Crippen LogP contribution is 2.24. The van der Waals surface area contributed by atoms with Crippen molar-refractivity contribution in [3.63, 3.8) is 0 Å². The van der Waals surface area contributed by atoms with E-state index < -0.39 is 54.1 Å². The van der Waals surface area contributed by atoms with Gasteiger partial charge in [0, 0.05) is 30.4 Å². The summed E-state index contributed by atoms with van der Waals surface area (Å²) < 4.78 is 33.1. The lowest BCUT2D eigenvalue weighted by atomic mass is 10.0. The minimum Gasteiger partial charge on any atom is -0.497 e. The Hall–Kier alpha value is -5.00. The quantitative estimate of drug-likeness (QED) is 0.364. The van der Waals surface area contributed by atoms with Crippen LogP contribution in [0.3, 0.4) is 0 Å². The summed E-state index contributed by atoms with van der Waals surface area (Å²) in [5.41, 5.74) is 1.39. The van der Waals surface area contributed by atoms with Crippen LogP contribution in [0, 0.1) is 18.6 Å². The number of carboxylic acid groups (broad SMARTS) is 1. The van der Waals surface area contributed by atoms with Gasteiger partial charge >= 0.3 is 12.0 Å². The predicted octanol–water partition coefficient (Wildman–Crippen LogP) is 4.32. The topological polar surface area (TPSA) is 128 Å². The number of carbonyl (C=O) groups is 4. The first kappa shape index (κ1) is 30.0. The van der Waals surface area contributed by atoms with Gasteiger partial charge < -0.3 is 25.4 Å². The summed E-state index contributed by atoms with van der Waals surface area (Å²) >= 11 is 0. The molecule has 0 bridgehead atoms. The smallest absolute Gasteiger partial charge is 0.323 e. The van der Waals surface area contributed by atoms with Crippen molar-refractivity contribution in [2.24, 2.45) is 0 Å². The molecule has 0 saturated carbocycles. The molecule has 3 aromatic carbocycles. The van der Waals surface area contributed by atoms with Crippen LogP contribution in [0.25, 0.3) is 0 Å². The van der Waals surface area contributed by atoms with E-state index in [1.54, 1.807) is 42.5 Å². The normalized spacial score (nSPS) is 15.5. The number of anilines is 1. The number of hydrogen-bond acceptors (Lipinski definition) is 5. The molecule has 0 radical (unpaired) electrons. The zero-order valence-electron chi connectivity index (χ0n) is 23.0. The number of aryl methyl sites for hydroxylation is 1. The first-order valence-corrected chi connectivity index (χ1v) is 13.1. The van der Waals surface area contributed by atoms with Crippen LogP contribution < -0.4 is 15.4 Å². The zero-order chi connectivity index (χ0) is 30.4. The average molecular weight is 581 g/mol. The molecule has 1 saturated heterocycles. The number of carbonyl (C=O) groups excluding carboxylic acids is 3. The Morgan fingerprint density at radius 1 is 0.976 bits per heavy atom. The lowest BCUT2D eigenvalue weighted by molar-refractivity contribution is -0.138. The number of nitrogens with zero attached hydrogens (tertiary/aromatic N) is 2. The number of hydrogen-bond donors (Lipinski definition) is 3. The van der Waals surface area contributed by atoms with Crippen molar-refractivity contribution in [2.75, 3.05) is 25.5 Å². The van der Waals surface area contributed by atoms with Crippen molar-refractivity contribution in [1.82, 2.24) is 15.1 Å². The van der Waals surface area contributed by atoms with Gasteiger partial charge in [-0.25, -0.2) is 13.6 Å².